The van der Waals surface area contributed by atoms with Gasteiger partial charge >= 0.3 is 0 Å². The minimum absolute atomic E-state index is 0.480. The SMILES string of the molecule is CC1CCCC2=C1c1c(c3c(c4c1C=NC=4)=CCC3)[N+]2=O. The maximum atomic E-state index is 12.9. The van der Waals surface area contributed by atoms with Crippen molar-refractivity contribution >= 4 is 29.8 Å². The van der Waals surface area contributed by atoms with Crippen molar-refractivity contribution < 1.29 is 4.76 Å². The summed E-state index contributed by atoms with van der Waals surface area (Å²) >= 11 is 0. The number of allylic oxidation sites excluding steroid dienone is 2. The summed E-state index contributed by atoms with van der Waals surface area (Å²) < 4.78 is 1.25. The highest BCUT2D eigenvalue weighted by molar-refractivity contribution is 5.98. The second-order valence-corrected chi connectivity index (χ2v) is 6.54. The molecule has 1 aromatic carbocycles. The molecular weight excluding hydrogens is 260 g/mol. The van der Waals surface area contributed by atoms with Crippen LogP contribution < -0.4 is 10.4 Å². The average Bonchev–Trinajstić information content (AvgIpc) is 3.16. The molecule has 0 bridgehead atoms. The fraction of sp³-hybridized carbons (Fsp3) is 0.389. The molecule has 2 heterocycles. The molecule has 4 aliphatic rings. The minimum atomic E-state index is 0.480. The molecule has 0 radical (unpaired) electrons. The molecule has 0 saturated carbocycles. The van der Waals surface area contributed by atoms with Gasteiger partial charge < -0.3 is 0 Å². The maximum Gasteiger partial charge on any atom is 0.275 e. The fourth-order valence-corrected chi connectivity index (χ4v) is 4.53. The standard InChI is InChI=1S/C18H17N2O/c1-10-4-2-7-15-16(10)17-14-9-19-8-13(14)11-5-3-6-12(11)18(17)20(15)21/h5,8-10H,2-4,6-7H2,1H3/q+1. The third-order valence-corrected chi connectivity index (χ3v) is 5.42. The number of fused-ring (bicyclic) bond motifs is 7. The molecule has 0 spiro atoms. The van der Waals surface area contributed by atoms with Crippen molar-refractivity contribution in [2.45, 2.75) is 39.0 Å². The molecular formula is C18H17N2O+. The van der Waals surface area contributed by atoms with Crippen LogP contribution in [0.2, 0.25) is 0 Å². The molecule has 104 valence electrons. The number of nitroso groups, excluding NO2 is 1. The van der Waals surface area contributed by atoms with Gasteiger partial charge in [-0.05, 0) is 36.8 Å². The van der Waals surface area contributed by atoms with Crippen LogP contribution in [0, 0.1) is 10.8 Å². The summed E-state index contributed by atoms with van der Waals surface area (Å²) in [5.74, 6) is 0.480. The van der Waals surface area contributed by atoms with Gasteiger partial charge in [0, 0.05) is 45.7 Å². The van der Waals surface area contributed by atoms with Crippen LogP contribution in [-0.2, 0) is 6.42 Å². The van der Waals surface area contributed by atoms with E-state index in [1.807, 2.05) is 12.4 Å². The Bertz CT molecular complexity index is 902. The molecule has 0 aromatic heterocycles. The first-order valence-electron chi connectivity index (χ1n) is 7.90. The second kappa shape index (κ2) is 3.79. The van der Waals surface area contributed by atoms with Crippen molar-refractivity contribution in [2.75, 3.05) is 0 Å². The summed E-state index contributed by atoms with van der Waals surface area (Å²) in [7, 11) is 0. The lowest BCUT2D eigenvalue weighted by atomic mass is 9.82. The molecule has 2 aliphatic heterocycles. The predicted molar refractivity (Wildman–Crippen MR) is 83.8 cm³/mol. The molecule has 3 heteroatoms. The van der Waals surface area contributed by atoms with Gasteiger partial charge in [-0.1, -0.05) is 13.0 Å². The summed E-state index contributed by atoms with van der Waals surface area (Å²) in [6, 6.07) is 0. The van der Waals surface area contributed by atoms with Crippen LogP contribution in [0.3, 0.4) is 0 Å². The van der Waals surface area contributed by atoms with E-state index in [1.165, 1.54) is 43.9 Å². The van der Waals surface area contributed by atoms with Gasteiger partial charge in [0.1, 0.15) is 0 Å². The van der Waals surface area contributed by atoms with E-state index in [0.717, 1.165) is 37.1 Å². The molecule has 1 unspecified atom stereocenters. The highest BCUT2D eigenvalue weighted by Crippen LogP contribution is 2.49. The van der Waals surface area contributed by atoms with Gasteiger partial charge in [0.25, 0.3) is 5.69 Å². The van der Waals surface area contributed by atoms with Crippen molar-refractivity contribution in [1.82, 2.24) is 0 Å². The fourth-order valence-electron chi connectivity index (χ4n) is 4.53. The van der Waals surface area contributed by atoms with Crippen LogP contribution in [0.5, 0.6) is 0 Å². The predicted octanol–water partition coefficient (Wildman–Crippen LogP) is 2.54. The van der Waals surface area contributed by atoms with E-state index < -0.39 is 0 Å². The van der Waals surface area contributed by atoms with Gasteiger partial charge in [0.05, 0.1) is 10.3 Å². The number of hydrogen-bond donors (Lipinski definition) is 0. The van der Waals surface area contributed by atoms with Gasteiger partial charge in [-0.3, -0.25) is 4.99 Å². The second-order valence-electron chi connectivity index (χ2n) is 6.54. The molecule has 2 aliphatic carbocycles. The Morgan fingerprint density at radius 2 is 2.19 bits per heavy atom. The normalized spacial score (nSPS) is 24.4. The minimum Gasteiger partial charge on any atom is -0.263 e. The van der Waals surface area contributed by atoms with E-state index in [-0.39, 0.29) is 0 Å². The van der Waals surface area contributed by atoms with Crippen LogP contribution in [0.25, 0.3) is 17.8 Å². The Labute approximate surface area is 123 Å². The van der Waals surface area contributed by atoms with Crippen molar-refractivity contribution in [2.24, 2.45) is 10.9 Å². The number of rotatable bonds is 0. The Kier molecular flexibility index (Phi) is 2.09. The third kappa shape index (κ3) is 1.27. The van der Waals surface area contributed by atoms with Crippen LogP contribution in [0.1, 0.15) is 49.3 Å². The topological polar surface area (TPSA) is 32.4 Å². The maximum absolute atomic E-state index is 12.9. The molecule has 0 fully saturated rings. The zero-order chi connectivity index (χ0) is 14.1. The van der Waals surface area contributed by atoms with Crippen molar-refractivity contribution in [3.8, 4) is 0 Å². The van der Waals surface area contributed by atoms with Gasteiger partial charge in [-0.25, -0.2) is 0 Å². The lowest BCUT2D eigenvalue weighted by Gasteiger charge is -2.17. The smallest absolute Gasteiger partial charge is 0.263 e. The number of aliphatic imine (C=N–C) groups is 1. The van der Waals surface area contributed by atoms with E-state index >= 15 is 0 Å². The highest BCUT2D eigenvalue weighted by Gasteiger charge is 2.46. The van der Waals surface area contributed by atoms with Crippen LogP contribution in [-0.4, -0.2) is 11.0 Å². The Morgan fingerprint density at radius 3 is 3.10 bits per heavy atom. The van der Waals surface area contributed by atoms with Crippen molar-refractivity contribution in [1.29, 1.82) is 0 Å². The van der Waals surface area contributed by atoms with Crippen molar-refractivity contribution in [3.05, 3.63) is 37.7 Å². The first-order valence-corrected chi connectivity index (χ1v) is 7.90. The number of hydrogen-bond acceptors (Lipinski definition) is 2. The monoisotopic (exact) mass is 277 g/mol. The molecule has 21 heavy (non-hydrogen) atoms. The number of benzene rings is 1. The van der Waals surface area contributed by atoms with Crippen LogP contribution in [0.15, 0.2) is 10.7 Å². The lowest BCUT2D eigenvalue weighted by Crippen LogP contribution is -2.30. The zero-order valence-corrected chi connectivity index (χ0v) is 12.1. The van der Waals surface area contributed by atoms with Crippen molar-refractivity contribution in [3.63, 3.8) is 0 Å². The molecule has 1 atom stereocenters. The van der Waals surface area contributed by atoms with Crippen LogP contribution >= 0.6 is 0 Å². The van der Waals surface area contributed by atoms with Gasteiger partial charge in [-0.15, -0.1) is 0 Å². The summed E-state index contributed by atoms with van der Waals surface area (Å²) in [5.41, 5.74) is 6.90. The largest absolute Gasteiger partial charge is 0.275 e. The van der Waals surface area contributed by atoms with E-state index in [2.05, 4.69) is 18.0 Å². The Balaban J connectivity index is 1.96. The summed E-state index contributed by atoms with van der Waals surface area (Å²) in [6.45, 7) is 2.26. The van der Waals surface area contributed by atoms with E-state index in [0.29, 0.717) is 5.92 Å². The third-order valence-electron chi connectivity index (χ3n) is 5.42. The Hall–Kier alpha value is -2.03. The quantitative estimate of drug-likeness (QED) is 0.671. The number of nitrogens with zero attached hydrogens (tertiary/aromatic N) is 2. The average molecular weight is 277 g/mol. The van der Waals surface area contributed by atoms with Gasteiger partial charge in [0.2, 0.25) is 5.70 Å². The van der Waals surface area contributed by atoms with E-state index in [9.17, 15) is 4.91 Å². The summed E-state index contributed by atoms with van der Waals surface area (Å²) in [4.78, 5) is 17.3. The highest BCUT2D eigenvalue weighted by atomic mass is 16.3. The van der Waals surface area contributed by atoms with Gasteiger partial charge in [0.15, 0.2) is 0 Å². The molecule has 0 saturated heterocycles. The molecule has 5 rings (SSSR count). The lowest BCUT2D eigenvalue weighted by molar-refractivity contribution is -0.406. The Morgan fingerprint density at radius 1 is 1.29 bits per heavy atom. The first-order chi connectivity index (χ1) is 10.3. The van der Waals surface area contributed by atoms with E-state index in [1.54, 1.807) is 0 Å². The van der Waals surface area contributed by atoms with Crippen LogP contribution in [0.4, 0.5) is 5.69 Å². The molecule has 0 amide bonds. The molecule has 0 N–H and O–H groups in total. The van der Waals surface area contributed by atoms with E-state index in [4.69, 9.17) is 0 Å². The van der Waals surface area contributed by atoms with Gasteiger partial charge in [-0.2, -0.15) is 0 Å². The molecule has 1 aromatic rings. The first kappa shape index (κ1) is 11.6. The summed E-state index contributed by atoms with van der Waals surface area (Å²) in [5, 5.41) is 2.50. The molecule has 3 nitrogen and oxygen atoms in total. The summed E-state index contributed by atoms with van der Waals surface area (Å²) in [6.07, 6.45) is 11.5. The zero-order valence-electron chi connectivity index (χ0n) is 12.1.